The van der Waals surface area contributed by atoms with E-state index in [1.54, 1.807) is 12.1 Å². The molecule has 1 atom stereocenters. The van der Waals surface area contributed by atoms with Gasteiger partial charge in [-0.25, -0.2) is 9.37 Å². The van der Waals surface area contributed by atoms with Crippen LogP contribution >= 0.6 is 0 Å². The fraction of sp³-hybridized carbons (Fsp3) is 0.400. The predicted molar refractivity (Wildman–Crippen MR) is 69.8 cm³/mol. The number of benzene rings is 1. The van der Waals surface area contributed by atoms with Crippen molar-refractivity contribution in [1.82, 2.24) is 9.55 Å². The Kier molecular flexibility index (Phi) is 2.69. The fourth-order valence-corrected chi connectivity index (χ4v) is 3.13. The Morgan fingerprint density at radius 2 is 2.11 bits per heavy atom. The van der Waals surface area contributed by atoms with Gasteiger partial charge < -0.3 is 4.57 Å². The molecule has 18 heavy (non-hydrogen) atoms. The lowest BCUT2D eigenvalue weighted by molar-refractivity contribution is 0.358. The Morgan fingerprint density at radius 3 is 2.83 bits per heavy atom. The lowest BCUT2D eigenvalue weighted by atomic mass is 9.88. The largest absolute Gasteiger partial charge is 0.323 e. The molecule has 0 saturated carbocycles. The average Bonchev–Trinajstić information content (AvgIpc) is 2.94. The number of nitrogens with zero attached hydrogens (tertiary/aromatic N) is 2. The van der Waals surface area contributed by atoms with Crippen LogP contribution in [0.3, 0.4) is 0 Å². The van der Waals surface area contributed by atoms with Crippen LogP contribution in [0.5, 0.6) is 0 Å². The van der Waals surface area contributed by atoms with Crippen molar-refractivity contribution in [3.63, 3.8) is 0 Å². The third-order valence-electron chi connectivity index (χ3n) is 4.09. The van der Waals surface area contributed by atoms with Crippen LogP contribution in [0.15, 0.2) is 30.7 Å². The van der Waals surface area contributed by atoms with E-state index >= 15 is 0 Å². The molecule has 2 nitrogen and oxygen atoms in total. The first kappa shape index (κ1) is 11.5. The minimum atomic E-state index is -0.0897. The third-order valence-corrected chi connectivity index (χ3v) is 4.09. The van der Waals surface area contributed by atoms with Crippen LogP contribution in [-0.4, -0.2) is 9.55 Å². The molecule has 1 aliphatic rings. The average molecular weight is 244 g/mol. The summed E-state index contributed by atoms with van der Waals surface area (Å²) in [6.45, 7) is 4.34. The third kappa shape index (κ3) is 1.43. The zero-order chi connectivity index (χ0) is 12.7. The van der Waals surface area contributed by atoms with Crippen LogP contribution in [0.25, 0.3) is 11.3 Å². The molecule has 1 unspecified atom stereocenters. The Hall–Kier alpha value is -1.64. The molecule has 0 amide bonds. The van der Waals surface area contributed by atoms with Crippen molar-refractivity contribution in [1.29, 1.82) is 0 Å². The van der Waals surface area contributed by atoms with Crippen LogP contribution in [-0.2, 0) is 0 Å². The van der Waals surface area contributed by atoms with Gasteiger partial charge >= 0.3 is 0 Å². The van der Waals surface area contributed by atoms with Gasteiger partial charge in [0.2, 0.25) is 0 Å². The van der Waals surface area contributed by atoms with Crippen molar-refractivity contribution < 1.29 is 4.39 Å². The van der Waals surface area contributed by atoms with Crippen LogP contribution < -0.4 is 0 Å². The first-order chi connectivity index (χ1) is 8.77. The van der Waals surface area contributed by atoms with Gasteiger partial charge in [0.15, 0.2) is 0 Å². The van der Waals surface area contributed by atoms with E-state index < -0.39 is 0 Å². The second kappa shape index (κ2) is 4.23. The minimum Gasteiger partial charge on any atom is -0.323 e. The van der Waals surface area contributed by atoms with Crippen molar-refractivity contribution in [2.24, 2.45) is 5.92 Å². The van der Waals surface area contributed by atoms with E-state index in [0.717, 1.165) is 29.7 Å². The molecule has 0 saturated heterocycles. The van der Waals surface area contributed by atoms with E-state index in [1.807, 2.05) is 18.6 Å². The van der Waals surface area contributed by atoms with E-state index in [4.69, 9.17) is 0 Å². The van der Waals surface area contributed by atoms with Gasteiger partial charge in [-0.1, -0.05) is 38.8 Å². The summed E-state index contributed by atoms with van der Waals surface area (Å²) in [7, 11) is 0. The van der Waals surface area contributed by atoms with Gasteiger partial charge in [-0.2, -0.15) is 0 Å². The fourth-order valence-electron chi connectivity index (χ4n) is 3.13. The van der Waals surface area contributed by atoms with Crippen LogP contribution in [0, 0.1) is 11.7 Å². The molecule has 2 heterocycles. The monoisotopic (exact) mass is 244 g/mol. The van der Waals surface area contributed by atoms with E-state index in [2.05, 4.69) is 23.4 Å². The van der Waals surface area contributed by atoms with E-state index in [1.165, 1.54) is 0 Å². The van der Waals surface area contributed by atoms with Crippen molar-refractivity contribution in [3.8, 4) is 11.3 Å². The van der Waals surface area contributed by atoms with Crippen molar-refractivity contribution >= 4 is 0 Å². The maximum atomic E-state index is 14.2. The summed E-state index contributed by atoms with van der Waals surface area (Å²) >= 11 is 0. The highest BCUT2D eigenvalue weighted by molar-refractivity contribution is 5.69. The lowest BCUT2D eigenvalue weighted by Crippen LogP contribution is -2.17. The smallest absolute Gasteiger partial charge is 0.129 e. The summed E-state index contributed by atoms with van der Waals surface area (Å²) in [5.41, 5.74) is 2.90. The Labute approximate surface area is 106 Å². The molecule has 3 heteroatoms. The summed E-state index contributed by atoms with van der Waals surface area (Å²) in [5.74, 6) is 0.365. The van der Waals surface area contributed by atoms with Crippen LogP contribution in [0.2, 0.25) is 0 Å². The zero-order valence-electron chi connectivity index (χ0n) is 10.7. The lowest BCUT2D eigenvalue weighted by Gasteiger charge is -2.24. The predicted octanol–water partition coefficient (Wildman–Crippen LogP) is 4.03. The topological polar surface area (TPSA) is 17.8 Å². The molecule has 1 aromatic carbocycles. The molecular weight excluding hydrogens is 227 g/mol. The quantitative estimate of drug-likeness (QED) is 0.797. The molecule has 0 fully saturated rings. The van der Waals surface area contributed by atoms with Crippen LogP contribution in [0.1, 0.15) is 38.3 Å². The van der Waals surface area contributed by atoms with Gasteiger partial charge in [0.25, 0.3) is 0 Å². The zero-order valence-corrected chi connectivity index (χ0v) is 10.7. The van der Waals surface area contributed by atoms with Gasteiger partial charge in [0.1, 0.15) is 5.82 Å². The molecule has 0 aliphatic carbocycles. The van der Waals surface area contributed by atoms with Gasteiger partial charge in [0.05, 0.1) is 24.3 Å². The first-order valence-electron chi connectivity index (χ1n) is 6.58. The van der Waals surface area contributed by atoms with Crippen LogP contribution in [0.4, 0.5) is 4.39 Å². The maximum Gasteiger partial charge on any atom is 0.129 e. The van der Waals surface area contributed by atoms with Gasteiger partial charge in [-0.15, -0.1) is 0 Å². The summed E-state index contributed by atoms with van der Waals surface area (Å²) in [6.07, 6.45) is 5.76. The standard InChI is InChI=1S/C15H17FN2/c1-3-10(4-2)15-14-11(6-5-7-12(14)16)13-8-17-9-18(13)15/h5-10,15H,3-4H2,1-2H3. The van der Waals surface area contributed by atoms with E-state index in [0.29, 0.717) is 5.92 Å². The molecule has 1 aromatic heterocycles. The highest BCUT2D eigenvalue weighted by Gasteiger charge is 2.34. The van der Waals surface area contributed by atoms with E-state index in [-0.39, 0.29) is 11.9 Å². The summed E-state index contributed by atoms with van der Waals surface area (Å²) in [5, 5.41) is 0. The van der Waals surface area contributed by atoms with Gasteiger partial charge in [-0.05, 0) is 12.0 Å². The van der Waals surface area contributed by atoms with E-state index in [9.17, 15) is 4.39 Å². The Bertz CT molecular complexity index is 570. The van der Waals surface area contributed by atoms with Gasteiger partial charge in [0, 0.05) is 11.1 Å². The highest BCUT2D eigenvalue weighted by atomic mass is 19.1. The molecule has 0 N–H and O–H groups in total. The number of hydrogen-bond acceptors (Lipinski definition) is 1. The van der Waals surface area contributed by atoms with Crippen molar-refractivity contribution in [3.05, 3.63) is 42.1 Å². The number of hydrogen-bond donors (Lipinski definition) is 0. The normalized spacial score (nSPS) is 17.0. The molecule has 3 rings (SSSR count). The Morgan fingerprint density at radius 1 is 1.33 bits per heavy atom. The van der Waals surface area contributed by atoms with Crippen molar-refractivity contribution in [2.75, 3.05) is 0 Å². The molecule has 1 aliphatic heterocycles. The Balaban J connectivity index is 2.22. The second-order valence-electron chi connectivity index (χ2n) is 4.91. The summed E-state index contributed by atoms with van der Waals surface area (Å²) < 4.78 is 16.3. The number of rotatable bonds is 3. The first-order valence-corrected chi connectivity index (χ1v) is 6.58. The number of aromatic nitrogens is 2. The molecule has 0 spiro atoms. The molecule has 0 bridgehead atoms. The van der Waals surface area contributed by atoms with Crippen molar-refractivity contribution in [2.45, 2.75) is 32.7 Å². The number of fused-ring (bicyclic) bond motifs is 3. The summed E-state index contributed by atoms with van der Waals surface area (Å²) in [6, 6.07) is 5.44. The molecular formula is C15H17FN2. The highest BCUT2D eigenvalue weighted by Crippen LogP contribution is 2.45. The second-order valence-corrected chi connectivity index (χ2v) is 4.91. The summed E-state index contributed by atoms with van der Waals surface area (Å²) in [4.78, 5) is 4.21. The molecule has 2 aromatic rings. The molecule has 94 valence electrons. The maximum absolute atomic E-state index is 14.2. The minimum absolute atomic E-state index is 0.0897. The van der Waals surface area contributed by atoms with Gasteiger partial charge in [-0.3, -0.25) is 0 Å². The SMILES string of the molecule is CCC(CC)C1c2c(F)cccc2-c2cncn21. The molecule has 0 radical (unpaired) electrons. The number of halogens is 1. The number of imidazole rings is 1.